The SMILES string of the molecule is CCCCNc1ncnc2c1c(-c1ccccc1)cn2-c1cccc(Cl)c1. The van der Waals surface area contributed by atoms with Crippen molar-refractivity contribution in [1.29, 1.82) is 0 Å². The fraction of sp³-hybridized carbons (Fsp3) is 0.182. The largest absolute Gasteiger partial charge is 0.369 e. The highest BCUT2D eigenvalue weighted by Gasteiger charge is 2.17. The van der Waals surface area contributed by atoms with Crippen LogP contribution in [0.25, 0.3) is 27.8 Å². The Kier molecular flexibility index (Phi) is 5.07. The molecule has 0 unspecified atom stereocenters. The molecule has 4 nitrogen and oxygen atoms in total. The number of aromatic nitrogens is 3. The number of rotatable bonds is 6. The second-order valence-electron chi connectivity index (χ2n) is 6.46. The van der Waals surface area contributed by atoms with E-state index < -0.39 is 0 Å². The van der Waals surface area contributed by atoms with Crippen LogP contribution in [0.1, 0.15) is 19.8 Å². The molecule has 0 aliphatic carbocycles. The Bertz CT molecular complexity index is 1060. The summed E-state index contributed by atoms with van der Waals surface area (Å²) in [4.78, 5) is 9.12. The number of fused-ring (bicyclic) bond motifs is 1. The van der Waals surface area contributed by atoms with Crippen molar-refractivity contribution in [2.45, 2.75) is 19.8 Å². The molecule has 0 saturated heterocycles. The summed E-state index contributed by atoms with van der Waals surface area (Å²) < 4.78 is 2.08. The third-order valence-electron chi connectivity index (χ3n) is 4.58. The first-order valence-corrected chi connectivity index (χ1v) is 9.57. The second-order valence-corrected chi connectivity index (χ2v) is 6.90. The highest BCUT2D eigenvalue weighted by Crippen LogP contribution is 2.35. The van der Waals surface area contributed by atoms with Gasteiger partial charge >= 0.3 is 0 Å². The fourth-order valence-electron chi connectivity index (χ4n) is 3.24. The number of unbranched alkanes of at least 4 members (excludes halogenated alkanes) is 1. The van der Waals surface area contributed by atoms with E-state index in [-0.39, 0.29) is 0 Å². The van der Waals surface area contributed by atoms with Crippen LogP contribution in [0.5, 0.6) is 0 Å². The van der Waals surface area contributed by atoms with E-state index in [2.05, 4.69) is 45.1 Å². The van der Waals surface area contributed by atoms with Crippen molar-refractivity contribution >= 4 is 28.5 Å². The summed E-state index contributed by atoms with van der Waals surface area (Å²) in [6, 6.07) is 18.2. The van der Waals surface area contributed by atoms with E-state index in [9.17, 15) is 0 Å². The molecule has 0 aliphatic heterocycles. The summed E-state index contributed by atoms with van der Waals surface area (Å²) in [5.41, 5.74) is 4.08. The van der Waals surface area contributed by atoms with Gasteiger partial charge in [-0.05, 0) is 30.2 Å². The van der Waals surface area contributed by atoms with Crippen molar-refractivity contribution in [2.24, 2.45) is 0 Å². The van der Waals surface area contributed by atoms with Crippen LogP contribution in [-0.4, -0.2) is 21.1 Å². The van der Waals surface area contributed by atoms with Gasteiger partial charge in [-0.2, -0.15) is 0 Å². The summed E-state index contributed by atoms with van der Waals surface area (Å²) in [5.74, 6) is 0.869. The van der Waals surface area contributed by atoms with E-state index in [1.165, 1.54) is 0 Å². The van der Waals surface area contributed by atoms with Gasteiger partial charge in [-0.15, -0.1) is 0 Å². The molecule has 0 spiro atoms. The highest BCUT2D eigenvalue weighted by molar-refractivity contribution is 6.30. The zero-order chi connectivity index (χ0) is 18.6. The van der Waals surface area contributed by atoms with E-state index in [1.807, 2.05) is 42.5 Å². The van der Waals surface area contributed by atoms with E-state index in [4.69, 9.17) is 11.6 Å². The van der Waals surface area contributed by atoms with Crippen LogP contribution in [0.2, 0.25) is 5.02 Å². The number of anilines is 1. The van der Waals surface area contributed by atoms with Crippen LogP contribution in [-0.2, 0) is 0 Å². The zero-order valence-corrected chi connectivity index (χ0v) is 15.9. The number of hydrogen-bond donors (Lipinski definition) is 1. The molecule has 5 heteroatoms. The van der Waals surface area contributed by atoms with Crippen LogP contribution < -0.4 is 5.32 Å². The van der Waals surface area contributed by atoms with Crippen LogP contribution in [0.15, 0.2) is 67.1 Å². The maximum Gasteiger partial charge on any atom is 0.150 e. The van der Waals surface area contributed by atoms with Crippen LogP contribution >= 0.6 is 11.6 Å². The molecule has 27 heavy (non-hydrogen) atoms. The minimum Gasteiger partial charge on any atom is -0.369 e. The molecule has 2 aromatic heterocycles. The van der Waals surface area contributed by atoms with Gasteiger partial charge in [-0.25, -0.2) is 9.97 Å². The predicted molar refractivity (Wildman–Crippen MR) is 113 cm³/mol. The van der Waals surface area contributed by atoms with E-state index in [0.717, 1.165) is 53.1 Å². The predicted octanol–water partition coefficient (Wildman–Crippen LogP) is 5.95. The molecule has 0 amide bonds. The topological polar surface area (TPSA) is 42.7 Å². The van der Waals surface area contributed by atoms with Crippen molar-refractivity contribution in [2.75, 3.05) is 11.9 Å². The molecule has 0 atom stereocenters. The molecule has 2 heterocycles. The van der Waals surface area contributed by atoms with Crippen molar-refractivity contribution in [3.8, 4) is 16.8 Å². The number of hydrogen-bond acceptors (Lipinski definition) is 3. The van der Waals surface area contributed by atoms with Gasteiger partial charge in [0, 0.05) is 29.0 Å². The third-order valence-corrected chi connectivity index (χ3v) is 4.81. The maximum absolute atomic E-state index is 6.23. The van der Waals surface area contributed by atoms with Crippen molar-refractivity contribution in [1.82, 2.24) is 14.5 Å². The molecule has 0 aliphatic rings. The number of benzene rings is 2. The van der Waals surface area contributed by atoms with Gasteiger partial charge in [0.15, 0.2) is 5.65 Å². The smallest absolute Gasteiger partial charge is 0.150 e. The molecular formula is C22H21ClN4. The third kappa shape index (κ3) is 3.53. The Hall–Kier alpha value is -2.85. The van der Waals surface area contributed by atoms with Crippen molar-refractivity contribution in [3.05, 3.63) is 72.1 Å². The van der Waals surface area contributed by atoms with Gasteiger partial charge < -0.3 is 9.88 Å². The van der Waals surface area contributed by atoms with E-state index in [0.29, 0.717) is 5.02 Å². The van der Waals surface area contributed by atoms with Gasteiger partial charge in [0.1, 0.15) is 12.1 Å². The molecule has 0 saturated carbocycles. The Balaban J connectivity index is 1.94. The molecule has 4 rings (SSSR count). The summed E-state index contributed by atoms with van der Waals surface area (Å²) in [5, 5.41) is 5.21. The number of nitrogens with zero attached hydrogens (tertiary/aromatic N) is 3. The minimum absolute atomic E-state index is 0.700. The summed E-state index contributed by atoms with van der Waals surface area (Å²) in [6.07, 6.45) is 5.97. The lowest BCUT2D eigenvalue weighted by Gasteiger charge is -2.08. The van der Waals surface area contributed by atoms with Gasteiger partial charge in [-0.3, -0.25) is 0 Å². The molecule has 0 radical (unpaired) electrons. The quantitative estimate of drug-likeness (QED) is 0.422. The lowest BCUT2D eigenvalue weighted by molar-refractivity contribution is 0.831. The number of halogens is 1. The second kappa shape index (κ2) is 7.80. The lowest BCUT2D eigenvalue weighted by Crippen LogP contribution is -2.04. The summed E-state index contributed by atoms with van der Waals surface area (Å²) >= 11 is 6.23. The molecule has 0 fully saturated rings. The van der Waals surface area contributed by atoms with Crippen molar-refractivity contribution in [3.63, 3.8) is 0 Å². The first kappa shape index (κ1) is 17.6. The molecule has 2 aromatic carbocycles. The molecule has 0 bridgehead atoms. The molecule has 136 valence electrons. The van der Waals surface area contributed by atoms with Crippen LogP contribution in [0.4, 0.5) is 5.82 Å². The number of nitrogens with one attached hydrogen (secondary N) is 1. The highest BCUT2D eigenvalue weighted by atomic mass is 35.5. The lowest BCUT2D eigenvalue weighted by atomic mass is 10.1. The van der Waals surface area contributed by atoms with E-state index >= 15 is 0 Å². The molecular weight excluding hydrogens is 356 g/mol. The van der Waals surface area contributed by atoms with Gasteiger partial charge in [0.2, 0.25) is 0 Å². The Labute approximate surface area is 163 Å². The summed E-state index contributed by atoms with van der Waals surface area (Å²) in [7, 11) is 0. The normalized spacial score (nSPS) is 11.0. The monoisotopic (exact) mass is 376 g/mol. The van der Waals surface area contributed by atoms with Crippen LogP contribution in [0.3, 0.4) is 0 Å². The van der Waals surface area contributed by atoms with Crippen LogP contribution in [0, 0.1) is 0 Å². The summed E-state index contributed by atoms with van der Waals surface area (Å²) in [6.45, 7) is 3.07. The Morgan fingerprint density at radius 1 is 1.04 bits per heavy atom. The van der Waals surface area contributed by atoms with Gasteiger partial charge in [0.05, 0.1) is 5.39 Å². The molecule has 4 aromatic rings. The minimum atomic E-state index is 0.700. The Morgan fingerprint density at radius 3 is 2.67 bits per heavy atom. The average molecular weight is 377 g/mol. The van der Waals surface area contributed by atoms with Gasteiger partial charge in [-0.1, -0.05) is 61.3 Å². The average Bonchev–Trinajstić information content (AvgIpc) is 3.09. The van der Waals surface area contributed by atoms with E-state index in [1.54, 1.807) is 6.33 Å². The first-order chi connectivity index (χ1) is 13.3. The standard InChI is InChI=1S/C22H21ClN4/c1-2-3-12-24-21-20-19(16-8-5-4-6-9-16)14-27(22(20)26-15-25-21)18-11-7-10-17(23)13-18/h4-11,13-15H,2-3,12H2,1H3,(H,24,25,26). The molecule has 1 N–H and O–H groups in total. The maximum atomic E-state index is 6.23. The first-order valence-electron chi connectivity index (χ1n) is 9.19. The van der Waals surface area contributed by atoms with Crippen molar-refractivity contribution < 1.29 is 0 Å². The zero-order valence-electron chi connectivity index (χ0n) is 15.2. The van der Waals surface area contributed by atoms with Gasteiger partial charge in [0.25, 0.3) is 0 Å². The fourth-order valence-corrected chi connectivity index (χ4v) is 3.42. The Morgan fingerprint density at radius 2 is 1.89 bits per heavy atom.